The molecule has 0 saturated carbocycles. The molecule has 17 heavy (non-hydrogen) atoms. The number of amides is 1. The van der Waals surface area contributed by atoms with Crippen LogP contribution in [0.25, 0.3) is 0 Å². The van der Waals surface area contributed by atoms with Crippen molar-refractivity contribution in [3.8, 4) is 0 Å². The number of nitrogens with two attached hydrogens (primary N) is 1. The zero-order chi connectivity index (χ0) is 12.8. The highest BCUT2D eigenvalue weighted by atomic mass is 32.2. The minimum Gasteiger partial charge on any atom is -0.399 e. The van der Waals surface area contributed by atoms with Gasteiger partial charge in [-0.25, -0.2) is 21.5 Å². The maximum absolute atomic E-state index is 12.2. The molecule has 1 aromatic carbocycles. The van der Waals surface area contributed by atoms with Crippen LogP contribution in [-0.4, -0.2) is 31.6 Å². The van der Waals surface area contributed by atoms with Gasteiger partial charge in [0.05, 0.1) is 12.1 Å². The molecule has 1 aliphatic rings. The number of hydrogen-bond donors (Lipinski definition) is 1. The number of alkyl halides is 2. The Bertz CT molecular complexity index is 586. The summed E-state index contributed by atoms with van der Waals surface area (Å²) < 4.78 is 48.2. The predicted molar refractivity (Wildman–Crippen MR) is 55.1 cm³/mol. The number of sulfonamides is 1. The van der Waals surface area contributed by atoms with E-state index in [0.29, 0.717) is 0 Å². The van der Waals surface area contributed by atoms with Crippen molar-refractivity contribution in [2.45, 2.75) is 11.3 Å². The summed E-state index contributed by atoms with van der Waals surface area (Å²) in [5, 5.41) is 0. The van der Waals surface area contributed by atoms with Crippen molar-refractivity contribution in [1.82, 2.24) is 4.31 Å². The molecule has 2 N–H and O–H groups in total. The van der Waals surface area contributed by atoms with Crippen LogP contribution in [-0.2, 0) is 10.0 Å². The maximum Gasteiger partial charge on any atom is 0.269 e. The SMILES string of the molecule is Nc1ccc2c(c1)S(=O)(=O)N(CC(F)F)C2=O. The summed E-state index contributed by atoms with van der Waals surface area (Å²) >= 11 is 0. The third-order valence-electron chi connectivity index (χ3n) is 2.33. The molecule has 2 rings (SSSR count). The standard InChI is InChI=1S/C9H8F2N2O3S/c10-8(11)4-13-9(14)6-2-1-5(12)3-7(6)17(13,15)16/h1-3,8H,4,12H2. The Hall–Kier alpha value is -1.70. The zero-order valence-electron chi connectivity index (χ0n) is 8.43. The van der Waals surface area contributed by atoms with Crippen LogP contribution < -0.4 is 5.73 Å². The Morgan fingerprint density at radius 1 is 1.35 bits per heavy atom. The number of carbonyl (C=O) groups is 1. The molecule has 0 fully saturated rings. The molecular weight excluding hydrogens is 254 g/mol. The second-order valence-corrected chi connectivity index (χ2v) is 5.32. The molecule has 1 amide bonds. The van der Waals surface area contributed by atoms with Crippen molar-refractivity contribution in [3.63, 3.8) is 0 Å². The van der Waals surface area contributed by atoms with Gasteiger partial charge in [0.2, 0.25) is 0 Å². The summed E-state index contributed by atoms with van der Waals surface area (Å²) in [6.45, 7) is -1.14. The van der Waals surface area contributed by atoms with Gasteiger partial charge in [-0.1, -0.05) is 0 Å². The first kappa shape index (κ1) is 11.8. The van der Waals surface area contributed by atoms with Gasteiger partial charge in [0.25, 0.3) is 22.4 Å². The molecule has 1 aromatic rings. The third-order valence-corrected chi connectivity index (χ3v) is 4.12. The molecule has 0 atom stereocenters. The van der Waals surface area contributed by atoms with Gasteiger partial charge >= 0.3 is 0 Å². The molecule has 1 heterocycles. The number of rotatable bonds is 2. The van der Waals surface area contributed by atoms with Crippen LogP contribution in [0.3, 0.4) is 0 Å². The van der Waals surface area contributed by atoms with E-state index in [1.165, 1.54) is 12.1 Å². The summed E-state index contributed by atoms with van der Waals surface area (Å²) in [6.07, 6.45) is -2.92. The Labute approximate surface area is 95.9 Å². The Kier molecular flexibility index (Phi) is 2.53. The predicted octanol–water partition coefficient (Wildman–Crippen LogP) is 0.678. The van der Waals surface area contributed by atoms with Gasteiger partial charge in [0.1, 0.15) is 4.90 Å². The van der Waals surface area contributed by atoms with Crippen LogP contribution in [0.4, 0.5) is 14.5 Å². The third kappa shape index (κ3) is 1.74. The van der Waals surface area contributed by atoms with Crippen molar-refractivity contribution in [2.75, 3.05) is 12.3 Å². The lowest BCUT2D eigenvalue weighted by Gasteiger charge is -2.13. The molecule has 0 aromatic heterocycles. The van der Waals surface area contributed by atoms with E-state index in [1.54, 1.807) is 0 Å². The number of nitrogens with zero attached hydrogens (tertiary/aromatic N) is 1. The summed E-state index contributed by atoms with van der Waals surface area (Å²) in [7, 11) is -4.19. The van der Waals surface area contributed by atoms with Gasteiger partial charge in [-0.3, -0.25) is 4.79 Å². The number of hydrogen-bond acceptors (Lipinski definition) is 4. The fourth-order valence-corrected chi connectivity index (χ4v) is 3.18. The first-order valence-electron chi connectivity index (χ1n) is 4.59. The van der Waals surface area contributed by atoms with Crippen LogP contribution in [0.5, 0.6) is 0 Å². The lowest BCUT2D eigenvalue weighted by molar-refractivity contribution is 0.0746. The van der Waals surface area contributed by atoms with E-state index >= 15 is 0 Å². The zero-order valence-corrected chi connectivity index (χ0v) is 9.25. The highest BCUT2D eigenvalue weighted by Crippen LogP contribution is 2.31. The number of carbonyl (C=O) groups excluding carboxylic acids is 1. The quantitative estimate of drug-likeness (QED) is 0.795. The fraction of sp³-hybridized carbons (Fsp3) is 0.222. The average molecular weight is 262 g/mol. The fourth-order valence-electron chi connectivity index (χ4n) is 1.60. The van der Waals surface area contributed by atoms with E-state index in [1.807, 2.05) is 0 Å². The van der Waals surface area contributed by atoms with Gasteiger partial charge in [-0.2, -0.15) is 0 Å². The second-order valence-electron chi connectivity index (χ2n) is 3.49. The van der Waals surface area contributed by atoms with Gasteiger partial charge in [-0.15, -0.1) is 0 Å². The lowest BCUT2D eigenvalue weighted by Crippen LogP contribution is -2.34. The molecule has 0 unspecified atom stereocenters. The molecule has 92 valence electrons. The minimum absolute atomic E-state index is 0.125. The highest BCUT2D eigenvalue weighted by molar-refractivity contribution is 7.90. The van der Waals surface area contributed by atoms with Gasteiger partial charge in [0.15, 0.2) is 0 Å². The van der Waals surface area contributed by atoms with Crippen molar-refractivity contribution in [3.05, 3.63) is 23.8 Å². The number of nitrogen functional groups attached to an aromatic ring is 1. The van der Waals surface area contributed by atoms with E-state index in [4.69, 9.17) is 5.73 Å². The first-order chi connectivity index (χ1) is 7.84. The van der Waals surface area contributed by atoms with E-state index in [0.717, 1.165) is 6.07 Å². The van der Waals surface area contributed by atoms with Crippen molar-refractivity contribution in [1.29, 1.82) is 0 Å². The van der Waals surface area contributed by atoms with E-state index in [2.05, 4.69) is 0 Å². The van der Waals surface area contributed by atoms with E-state index < -0.39 is 28.9 Å². The Morgan fingerprint density at radius 2 is 2.00 bits per heavy atom. The van der Waals surface area contributed by atoms with Crippen LogP contribution in [0.15, 0.2) is 23.1 Å². The topological polar surface area (TPSA) is 80.5 Å². The number of benzene rings is 1. The van der Waals surface area contributed by atoms with Crippen molar-refractivity contribution < 1.29 is 22.0 Å². The van der Waals surface area contributed by atoms with E-state index in [-0.39, 0.29) is 20.5 Å². The second kappa shape index (κ2) is 3.66. The van der Waals surface area contributed by atoms with Gasteiger partial charge in [-0.05, 0) is 18.2 Å². The average Bonchev–Trinajstić information content (AvgIpc) is 2.40. The molecule has 5 nitrogen and oxygen atoms in total. The number of anilines is 1. The van der Waals surface area contributed by atoms with Crippen LogP contribution in [0.1, 0.15) is 10.4 Å². The Balaban J connectivity index is 2.57. The molecule has 0 saturated heterocycles. The monoisotopic (exact) mass is 262 g/mol. The normalized spacial score (nSPS) is 17.6. The first-order valence-corrected chi connectivity index (χ1v) is 6.03. The number of fused-ring (bicyclic) bond motifs is 1. The van der Waals surface area contributed by atoms with Gasteiger partial charge in [0, 0.05) is 5.69 Å². The summed E-state index contributed by atoms with van der Waals surface area (Å²) in [5.41, 5.74) is 5.43. The van der Waals surface area contributed by atoms with E-state index in [9.17, 15) is 22.0 Å². The lowest BCUT2D eigenvalue weighted by atomic mass is 10.2. The van der Waals surface area contributed by atoms with Gasteiger partial charge < -0.3 is 5.73 Å². The Morgan fingerprint density at radius 3 is 2.59 bits per heavy atom. The summed E-state index contributed by atoms with van der Waals surface area (Å²) in [6, 6.07) is 3.65. The summed E-state index contributed by atoms with van der Waals surface area (Å²) in [5.74, 6) is -0.944. The number of halogens is 2. The molecule has 0 bridgehead atoms. The molecule has 0 spiro atoms. The van der Waals surface area contributed by atoms with Crippen molar-refractivity contribution >= 4 is 21.6 Å². The summed E-state index contributed by atoms with van der Waals surface area (Å²) in [4.78, 5) is 11.3. The van der Waals surface area contributed by atoms with Crippen LogP contribution in [0, 0.1) is 0 Å². The molecular formula is C9H8F2N2O3S. The largest absolute Gasteiger partial charge is 0.399 e. The molecule has 0 radical (unpaired) electrons. The van der Waals surface area contributed by atoms with Crippen LogP contribution >= 0.6 is 0 Å². The maximum atomic E-state index is 12.2. The molecule has 8 heteroatoms. The minimum atomic E-state index is -4.19. The smallest absolute Gasteiger partial charge is 0.269 e. The highest BCUT2D eigenvalue weighted by Gasteiger charge is 2.42. The van der Waals surface area contributed by atoms with Crippen molar-refractivity contribution in [2.24, 2.45) is 0 Å². The molecule has 1 aliphatic heterocycles. The van der Waals surface area contributed by atoms with Crippen LogP contribution in [0.2, 0.25) is 0 Å². The molecule has 0 aliphatic carbocycles.